The Labute approximate surface area is 167 Å². The van der Waals surface area contributed by atoms with Crippen LogP contribution in [0.2, 0.25) is 0 Å². The predicted octanol–water partition coefficient (Wildman–Crippen LogP) is 4.17. The number of alkyl halides is 3. The number of ether oxygens (including phenoxy) is 1. The van der Waals surface area contributed by atoms with Gasteiger partial charge in [0.1, 0.15) is 0 Å². The van der Waals surface area contributed by atoms with E-state index >= 15 is 0 Å². The Morgan fingerprint density at radius 1 is 1.14 bits per heavy atom. The Hall–Kier alpha value is -3.26. The fraction of sp³-hybridized carbons (Fsp3) is 0.381. The highest BCUT2D eigenvalue weighted by atomic mass is 19.4. The molecule has 0 radical (unpaired) electrons. The van der Waals surface area contributed by atoms with E-state index in [1.807, 2.05) is 0 Å². The van der Waals surface area contributed by atoms with Crippen LogP contribution >= 0.6 is 0 Å². The van der Waals surface area contributed by atoms with E-state index in [0.717, 1.165) is 7.11 Å². The molecule has 152 valence electrons. The number of esters is 1. The molecule has 1 aliphatic carbocycles. The lowest BCUT2D eigenvalue weighted by Crippen LogP contribution is -2.42. The van der Waals surface area contributed by atoms with Gasteiger partial charge < -0.3 is 10.1 Å². The lowest BCUT2D eigenvalue weighted by atomic mass is 9.77. The Kier molecular flexibility index (Phi) is 5.54. The minimum Gasteiger partial charge on any atom is -0.465 e. The fourth-order valence-electron chi connectivity index (χ4n) is 3.31. The van der Waals surface area contributed by atoms with Gasteiger partial charge in [-0.3, -0.25) is 0 Å². The number of methoxy groups -OCH3 is 1. The molecule has 0 saturated carbocycles. The van der Waals surface area contributed by atoms with E-state index in [1.165, 1.54) is 6.07 Å². The maximum atomic E-state index is 14.2. The number of rotatable bonds is 3. The molecule has 8 heteroatoms. The molecule has 0 bridgehead atoms. The van der Waals surface area contributed by atoms with E-state index in [2.05, 4.69) is 10.1 Å². The van der Waals surface area contributed by atoms with Gasteiger partial charge in [0.15, 0.2) is 0 Å². The Bertz CT molecular complexity index is 986. The highest BCUT2D eigenvalue weighted by molar-refractivity contribution is 6.08. The van der Waals surface area contributed by atoms with Crippen molar-refractivity contribution in [2.75, 3.05) is 7.11 Å². The van der Waals surface area contributed by atoms with Crippen molar-refractivity contribution in [1.29, 1.82) is 10.5 Å². The van der Waals surface area contributed by atoms with E-state index in [-0.39, 0.29) is 11.1 Å². The van der Waals surface area contributed by atoms with Gasteiger partial charge in [0.05, 0.1) is 36.1 Å². The number of hydrogen-bond donors (Lipinski definition) is 1. The molecule has 0 saturated heterocycles. The number of carbonyl (C=O) groups is 1. The largest absolute Gasteiger partial charge is 0.465 e. The van der Waals surface area contributed by atoms with Crippen molar-refractivity contribution in [3.8, 4) is 12.1 Å². The Morgan fingerprint density at radius 2 is 1.69 bits per heavy atom. The molecule has 29 heavy (non-hydrogen) atoms. The standard InChI is InChI=1S/C21H20F3N3O2/c1-12-8-6-7-9-13(12)15-14(18(28)29-5)16(21(22,23)24)17(27-19(2,3)4)20(15,10-25)11-26/h6-9,27H,1-5H3. The first-order valence-corrected chi connectivity index (χ1v) is 8.66. The highest BCUT2D eigenvalue weighted by Gasteiger charge is 2.58. The molecule has 1 aromatic rings. The summed E-state index contributed by atoms with van der Waals surface area (Å²) < 4.78 is 47.2. The molecule has 1 aromatic carbocycles. The first-order valence-electron chi connectivity index (χ1n) is 8.66. The zero-order valence-electron chi connectivity index (χ0n) is 16.7. The van der Waals surface area contributed by atoms with Crippen LogP contribution in [0.15, 0.2) is 41.1 Å². The molecular weight excluding hydrogens is 383 g/mol. The molecule has 1 N–H and O–H groups in total. The zero-order valence-corrected chi connectivity index (χ0v) is 16.7. The number of aryl methyl sites for hydroxylation is 1. The van der Waals surface area contributed by atoms with Gasteiger partial charge in [-0.1, -0.05) is 24.3 Å². The first-order chi connectivity index (χ1) is 13.3. The van der Waals surface area contributed by atoms with E-state index in [4.69, 9.17) is 0 Å². The van der Waals surface area contributed by atoms with Gasteiger partial charge in [0.2, 0.25) is 5.41 Å². The molecule has 0 atom stereocenters. The van der Waals surface area contributed by atoms with Crippen LogP contribution in [-0.4, -0.2) is 24.8 Å². The molecule has 0 spiro atoms. The van der Waals surface area contributed by atoms with Gasteiger partial charge >= 0.3 is 12.1 Å². The van der Waals surface area contributed by atoms with Crippen LogP contribution in [0.1, 0.15) is 31.9 Å². The normalized spacial score (nSPS) is 16.3. The van der Waals surface area contributed by atoms with Gasteiger partial charge in [-0.05, 0) is 38.8 Å². The molecule has 2 rings (SSSR count). The summed E-state index contributed by atoms with van der Waals surface area (Å²) in [4.78, 5) is 12.5. The number of nitriles is 2. The van der Waals surface area contributed by atoms with Gasteiger partial charge in [-0.2, -0.15) is 23.7 Å². The van der Waals surface area contributed by atoms with Crippen LogP contribution in [0.4, 0.5) is 13.2 Å². The summed E-state index contributed by atoms with van der Waals surface area (Å²) in [5.41, 5.74) is -5.76. The van der Waals surface area contributed by atoms with E-state index in [9.17, 15) is 28.5 Å². The lowest BCUT2D eigenvalue weighted by molar-refractivity contribution is -0.137. The molecule has 0 aliphatic heterocycles. The highest BCUT2D eigenvalue weighted by Crippen LogP contribution is 2.55. The van der Waals surface area contributed by atoms with Crippen molar-refractivity contribution < 1.29 is 22.7 Å². The Balaban J connectivity index is 3.11. The fourth-order valence-corrected chi connectivity index (χ4v) is 3.31. The molecule has 0 heterocycles. The predicted molar refractivity (Wildman–Crippen MR) is 99.7 cm³/mol. The number of carbonyl (C=O) groups excluding carboxylic acids is 1. The maximum Gasteiger partial charge on any atom is 0.419 e. The van der Waals surface area contributed by atoms with E-state index < -0.39 is 39.9 Å². The lowest BCUT2D eigenvalue weighted by Gasteiger charge is -2.30. The van der Waals surface area contributed by atoms with Crippen LogP contribution in [0.5, 0.6) is 0 Å². The zero-order chi connectivity index (χ0) is 22.2. The molecule has 0 aromatic heterocycles. The smallest absolute Gasteiger partial charge is 0.419 e. The summed E-state index contributed by atoms with van der Waals surface area (Å²) in [5.74, 6) is -1.27. The summed E-state index contributed by atoms with van der Waals surface area (Å²) in [6.45, 7) is 6.41. The molecule has 5 nitrogen and oxygen atoms in total. The second-order valence-corrected chi connectivity index (χ2v) is 7.65. The van der Waals surface area contributed by atoms with Crippen molar-refractivity contribution in [1.82, 2.24) is 5.32 Å². The van der Waals surface area contributed by atoms with Crippen molar-refractivity contribution in [3.63, 3.8) is 0 Å². The number of allylic oxidation sites excluding steroid dienone is 1. The first kappa shape index (κ1) is 22.0. The third kappa shape index (κ3) is 3.71. The number of nitrogens with one attached hydrogen (secondary N) is 1. The second kappa shape index (κ2) is 7.29. The average molecular weight is 403 g/mol. The number of benzene rings is 1. The van der Waals surface area contributed by atoms with E-state index in [1.54, 1.807) is 58.0 Å². The van der Waals surface area contributed by atoms with Crippen LogP contribution in [0.25, 0.3) is 5.57 Å². The minimum absolute atomic E-state index is 0.198. The SMILES string of the molecule is COC(=O)C1=C(c2ccccc2C)C(C#N)(C#N)C(NC(C)(C)C)=C1C(F)(F)F. The summed E-state index contributed by atoms with van der Waals surface area (Å²) in [7, 11) is 0.953. The van der Waals surface area contributed by atoms with Crippen LogP contribution < -0.4 is 5.32 Å². The van der Waals surface area contributed by atoms with Crippen LogP contribution in [-0.2, 0) is 9.53 Å². The summed E-state index contributed by atoms with van der Waals surface area (Å²) >= 11 is 0. The molecule has 0 amide bonds. The van der Waals surface area contributed by atoms with Crippen molar-refractivity contribution in [2.45, 2.75) is 39.4 Å². The molecule has 0 unspecified atom stereocenters. The second-order valence-electron chi connectivity index (χ2n) is 7.65. The van der Waals surface area contributed by atoms with Crippen LogP contribution in [0, 0.1) is 35.0 Å². The summed E-state index contributed by atoms with van der Waals surface area (Å²) in [6.07, 6.45) is -5.01. The van der Waals surface area contributed by atoms with Crippen LogP contribution in [0.3, 0.4) is 0 Å². The van der Waals surface area contributed by atoms with Gasteiger partial charge in [-0.15, -0.1) is 0 Å². The quantitative estimate of drug-likeness (QED) is 0.766. The van der Waals surface area contributed by atoms with Gasteiger partial charge in [-0.25, -0.2) is 4.79 Å². The van der Waals surface area contributed by atoms with Crippen molar-refractivity contribution in [3.05, 3.63) is 52.2 Å². The molecule has 1 aliphatic rings. The minimum atomic E-state index is -5.01. The molecule has 0 fully saturated rings. The van der Waals surface area contributed by atoms with Crippen molar-refractivity contribution in [2.24, 2.45) is 5.41 Å². The van der Waals surface area contributed by atoms with Crippen molar-refractivity contribution >= 4 is 11.5 Å². The topological polar surface area (TPSA) is 85.9 Å². The van der Waals surface area contributed by atoms with E-state index in [0.29, 0.717) is 5.56 Å². The number of halogens is 3. The number of nitrogens with zero attached hydrogens (tertiary/aromatic N) is 2. The summed E-state index contributed by atoms with van der Waals surface area (Å²) in [5, 5.41) is 22.6. The summed E-state index contributed by atoms with van der Waals surface area (Å²) in [6, 6.07) is 9.81. The van der Waals surface area contributed by atoms with Gasteiger partial charge in [0.25, 0.3) is 0 Å². The third-order valence-corrected chi connectivity index (χ3v) is 4.42. The number of hydrogen-bond acceptors (Lipinski definition) is 5. The average Bonchev–Trinajstić information content (AvgIpc) is 2.90. The molecular formula is C21H20F3N3O2. The Morgan fingerprint density at radius 3 is 2.10 bits per heavy atom. The maximum absolute atomic E-state index is 14.2. The van der Waals surface area contributed by atoms with Gasteiger partial charge in [0, 0.05) is 11.1 Å². The monoisotopic (exact) mass is 403 g/mol. The third-order valence-electron chi connectivity index (χ3n) is 4.42.